The van der Waals surface area contributed by atoms with E-state index in [-0.39, 0.29) is 24.4 Å². The van der Waals surface area contributed by atoms with Gasteiger partial charge in [-0.3, -0.25) is 14.4 Å². The first-order valence-corrected chi connectivity index (χ1v) is 13.5. The van der Waals surface area contributed by atoms with Crippen molar-refractivity contribution in [2.45, 2.75) is 62.1 Å². The number of carbonyl (C=O) groups excluding carboxylic acids is 3. The highest BCUT2D eigenvalue weighted by Crippen LogP contribution is 2.65. The van der Waals surface area contributed by atoms with Gasteiger partial charge in [-0.1, -0.05) is 36.4 Å². The Kier molecular flexibility index (Phi) is 6.32. The fourth-order valence-corrected chi connectivity index (χ4v) is 8.50. The van der Waals surface area contributed by atoms with E-state index in [9.17, 15) is 19.5 Å². The second kappa shape index (κ2) is 9.06. The van der Waals surface area contributed by atoms with Crippen LogP contribution in [0.15, 0.2) is 42.5 Å². The third kappa shape index (κ3) is 3.64. The van der Waals surface area contributed by atoms with Crippen molar-refractivity contribution < 1.29 is 24.2 Å². The molecule has 0 saturated carbocycles. The van der Waals surface area contributed by atoms with Crippen molar-refractivity contribution >= 4 is 35.2 Å². The van der Waals surface area contributed by atoms with Crippen LogP contribution in [-0.4, -0.2) is 69.1 Å². The Hall–Kier alpha value is -2.58. The highest BCUT2D eigenvalue weighted by atomic mass is 32.2. The number of carbonyl (C=O) groups is 3. The van der Waals surface area contributed by atoms with Crippen molar-refractivity contribution in [3.8, 4) is 0 Å². The van der Waals surface area contributed by atoms with Crippen LogP contribution in [0, 0.1) is 25.7 Å². The van der Waals surface area contributed by atoms with Crippen molar-refractivity contribution in [1.29, 1.82) is 0 Å². The van der Waals surface area contributed by atoms with E-state index in [2.05, 4.69) is 6.08 Å². The number of aliphatic hydroxyl groups excluding tert-OH is 1. The summed E-state index contributed by atoms with van der Waals surface area (Å²) >= 11 is 1.53. The molecular formula is C28H34N2O5S. The molecule has 1 spiro atoms. The number of allylic oxidation sites excluding steroid dienone is 1. The highest BCUT2D eigenvalue weighted by molar-refractivity contribution is 8.02. The van der Waals surface area contributed by atoms with E-state index in [0.717, 1.165) is 29.7 Å². The fraction of sp³-hybridized carbons (Fsp3) is 0.536. The molecule has 2 fully saturated rings. The molecule has 8 heteroatoms. The lowest BCUT2D eigenvalue weighted by molar-refractivity contribution is -0.154. The summed E-state index contributed by atoms with van der Waals surface area (Å²) < 4.78 is 3.99. The van der Waals surface area contributed by atoms with Gasteiger partial charge in [-0.25, -0.2) is 0 Å². The lowest BCUT2D eigenvalue weighted by atomic mass is 9.74. The minimum atomic E-state index is -0.952. The zero-order valence-electron chi connectivity index (χ0n) is 21.3. The molecule has 0 aromatic heterocycles. The summed E-state index contributed by atoms with van der Waals surface area (Å²) in [5.74, 6) is -2.34. The van der Waals surface area contributed by atoms with Crippen LogP contribution in [0.3, 0.4) is 0 Å². The van der Waals surface area contributed by atoms with Crippen LogP contribution < -0.4 is 4.90 Å². The summed E-state index contributed by atoms with van der Waals surface area (Å²) in [5, 5.41) is 10.1. The van der Waals surface area contributed by atoms with Gasteiger partial charge in [0.15, 0.2) is 0 Å². The first-order chi connectivity index (χ1) is 17.1. The predicted molar refractivity (Wildman–Crippen MR) is 140 cm³/mol. The number of nitrogens with zero attached hydrogens (tertiary/aromatic N) is 2. The zero-order valence-corrected chi connectivity index (χ0v) is 22.1. The topological polar surface area (TPSA) is 87.2 Å². The largest absolute Gasteiger partial charge is 0.465 e. The van der Waals surface area contributed by atoms with Crippen LogP contribution in [0.25, 0.3) is 0 Å². The molecule has 0 aliphatic carbocycles. The van der Waals surface area contributed by atoms with Crippen LogP contribution in [0.2, 0.25) is 0 Å². The predicted octanol–water partition coefficient (Wildman–Crippen LogP) is 3.17. The van der Waals surface area contributed by atoms with Gasteiger partial charge in [0.1, 0.15) is 6.04 Å². The van der Waals surface area contributed by atoms with E-state index >= 15 is 0 Å². The Morgan fingerprint density at radius 2 is 1.92 bits per heavy atom. The van der Waals surface area contributed by atoms with Gasteiger partial charge in [-0.05, 0) is 57.7 Å². The molecule has 5 rings (SSSR count). The molecule has 2 saturated heterocycles. The maximum absolute atomic E-state index is 14.4. The number of thioether (sulfide) groups is 1. The van der Waals surface area contributed by atoms with Gasteiger partial charge >= 0.3 is 5.97 Å². The van der Waals surface area contributed by atoms with Crippen molar-refractivity contribution in [3.05, 3.63) is 53.6 Å². The number of amides is 2. The van der Waals surface area contributed by atoms with E-state index < -0.39 is 33.4 Å². The lowest BCUT2D eigenvalue weighted by Crippen LogP contribution is -2.56. The van der Waals surface area contributed by atoms with Crippen molar-refractivity contribution in [1.82, 2.24) is 4.90 Å². The number of hydrogen-bond acceptors (Lipinski definition) is 6. The molecule has 6 atom stereocenters. The van der Waals surface area contributed by atoms with Crippen LogP contribution in [0.1, 0.15) is 37.8 Å². The number of benzene rings is 1. The van der Waals surface area contributed by atoms with Gasteiger partial charge in [0.05, 0.1) is 35.8 Å². The third-order valence-corrected chi connectivity index (χ3v) is 9.88. The smallest absolute Gasteiger partial charge is 0.311 e. The second-order valence-electron chi connectivity index (χ2n) is 10.6. The van der Waals surface area contributed by atoms with Gasteiger partial charge < -0.3 is 19.6 Å². The fourth-order valence-electron chi connectivity index (χ4n) is 6.36. The number of hydrogen-bond donors (Lipinski definition) is 1. The quantitative estimate of drug-likeness (QED) is 0.497. The maximum atomic E-state index is 14.4. The van der Waals surface area contributed by atoms with Crippen LogP contribution in [0.4, 0.5) is 5.69 Å². The average Bonchev–Trinajstić information content (AvgIpc) is 3.20. The van der Waals surface area contributed by atoms with Gasteiger partial charge in [-0.15, -0.1) is 11.8 Å². The molecular weight excluding hydrogens is 476 g/mol. The molecule has 2 amide bonds. The SMILES string of the molecule is Cc1ccc(C)c(N2CC=C[C@]34S[C@@]5(C)/C=C\CCCOC(=O)[C@H]5[C@H]3C(=O)N([C@H](C)CO)C4C2=O)c1. The van der Waals surface area contributed by atoms with Crippen molar-refractivity contribution in [2.75, 3.05) is 24.7 Å². The normalized spacial score (nSPS) is 35.7. The number of aliphatic hydroxyl groups is 1. The molecule has 1 aromatic rings. The average molecular weight is 511 g/mol. The maximum Gasteiger partial charge on any atom is 0.311 e. The Labute approximate surface area is 216 Å². The van der Waals surface area contributed by atoms with E-state index in [0.29, 0.717) is 13.2 Å². The number of aryl methyl sites for hydroxylation is 2. The standard InChI is InChI=1S/C28H34N2O5S/c1-17-9-10-18(2)20(15-17)29-13-8-12-28-21(24(32)30(19(3)16-31)23(28)25(29)33)22-26(34)35-14-7-5-6-11-27(22,4)36-28/h6,8-12,15,19,21-23,31H,5,7,13-14,16H2,1-4H3/b11-6-/t19-,21+,22-,23?,27+,28+/m1/s1. The number of cyclic esters (lactones) is 1. The van der Waals surface area contributed by atoms with E-state index in [1.807, 2.05) is 57.2 Å². The number of fused-ring (bicyclic) bond motifs is 2. The highest BCUT2D eigenvalue weighted by Gasteiger charge is 2.74. The molecule has 7 nitrogen and oxygen atoms in total. The summed E-state index contributed by atoms with van der Waals surface area (Å²) in [6, 6.07) is 4.58. The van der Waals surface area contributed by atoms with Gasteiger partial charge in [0.25, 0.3) is 5.91 Å². The number of rotatable bonds is 3. The van der Waals surface area contributed by atoms with Crippen molar-refractivity contribution in [2.24, 2.45) is 11.8 Å². The third-order valence-electron chi connectivity index (χ3n) is 8.08. The first-order valence-electron chi connectivity index (χ1n) is 12.7. The Balaban J connectivity index is 1.68. The molecule has 4 aliphatic heterocycles. The number of anilines is 1. The zero-order chi connectivity index (χ0) is 25.8. The Bertz CT molecular complexity index is 1160. The molecule has 0 radical (unpaired) electrons. The number of ether oxygens (including phenoxy) is 1. The molecule has 36 heavy (non-hydrogen) atoms. The molecule has 192 valence electrons. The van der Waals surface area contributed by atoms with Gasteiger partial charge in [-0.2, -0.15) is 0 Å². The summed E-state index contributed by atoms with van der Waals surface area (Å²) in [4.78, 5) is 45.3. The molecule has 0 bridgehead atoms. The first kappa shape index (κ1) is 25.1. The molecule has 4 aliphatic rings. The van der Waals surface area contributed by atoms with Crippen LogP contribution in [-0.2, 0) is 19.1 Å². The second-order valence-corrected chi connectivity index (χ2v) is 12.4. The minimum absolute atomic E-state index is 0.190. The summed E-state index contributed by atoms with van der Waals surface area (Å²) in [6.07, 6.45) is 9.58. The monoisotopic (exact) mass is 510 g/mol. The van der Waals surface area contributed by atoms with Crippen molar-refractivity contribution in [3.63, 3.8) is 0 Å². The summed E-state index contributed by atoms with van der Waals surface area (Å²) in [6.45, 7) is 8.09. The van der Waals surface area contributed by atoms with Crippen LogP contribution >= 0.6 is 11.8 Å². The Morgan fingerprint density at radius 3 is 2.67 bits per heavy atom. The van der Waals surface area contributed by atoms with E-state index in [4.69, 9.17) is 4.74 Å². The number of likely N-dealkylation sites (tertiary alicyclic amines) is 1. The summed E-state index contributed by atoms with van der Waals surface area (Å²) in [5.41, 5.74) is 2.82. The van der Waals surface area contributed by atoms with E-state index in [1.165, 1.54) is 16.7 Å². The minimum Gasteiger partial charge on any atom is -0.465 e. The van der Waals surface area contributed by atoms with Crippen LogP contribution in [0.5, 0.6) is 0 Å². The molecule has 1 N–H and O–H groups in total. The lowest BCUT2D eigenvalue weighted by Gasteiger charge is -2.39. The number of esters is 1. The molecule has 1 unspecified atom stereocenters. The summed E-state index contributed by atoms with van der Waals surface area (Å²) in [7, 11) is 0. The van der Waals surface area contributed by atoms with E-state index in [1.54, 1.807) is 11.8 Å². The van der Waals surface area contributed by atoms with Gasteiger partial charge in [0, 0.05) is 17.0 Å². The molecule has 4 heterocycles. The Morgan fingerprint density at radius 1 is 1.14 bits per heavy atom. The van der Waals surface area contributed by atoms with Gasteiger partial charge in [0.2, 0.25) is 5.91 Å². The molecule has 1 aromatic carbocycles.